The highest BCUT2D eigenvalue weighted by Gasteiger charge is 2.30. The van der Waals surface area contributed by atoms with Crippen LogP contribution in [0.15, 0.2) is 146 Å². The number of halogens is 2. The highest BCUT2D eigenvalue weighted by Crippen LogP contribution is 2.44. The molecule has 0 atom stereocenters. The number of carbonyl (C=O) groups excluding carboxylic acids is 4. The molecule has 70 heavy (non-hydrogen) atoms. The van der Waals surface area contributed by atoms with Gasteiger partial charge in [-0.2, -0.15) is 0 Å². The molecule has 2 aromatic heterocycles. The second-order valence-electron chi connectivity index (χ2n) is 17.1. The molecule has 0 aliphatic carbocycles. The lowest BCUT2D eigenvalue weighted by Gasteiger charge is -2.23. The number of thiophene rings is 2. The number of ketones is 2. The molecule has 0 bridgehead atoms. The first-order valence-corrected chi connectivity index (χ1v) is 24.1. The van der Waals surface area contributed by atoms with Crippen LogP contribution in [0.2, 0.25) is 0 Å². The lowest BCUT2D eigenvalue weighted by atomic mass is 10.0. The van der Waals surface area contributed by atoms with Crippen LogP contribution in [-0.2, 0) is 25.7 Å². The first-order chi connectivity index (χ1) is 33.7. The molecule has 0 spiro atoms. The van der Waals surface area contributed by atoms with E-state index in [0.717, 1.165) is 48.8 Å². The highest BCUT2D eigenvalue weighted by atomic mass is 32.1. The summed E-state index contributed by atoms with van der Waals surface area (Å²) in [5, 5.41) is 11.0. The molecule has 10 rings (SSSR count). The van der Waals surface area contributed by atoms with E-state index in [2.05, 4.69) is 0 Å². The van der Waals surface area contributed by atoms with E-state index >= 15 is 0 Å². The van der Waals surface area contributed by atoms with Gasteiger partial charge >= 0.3 is 0 Å². The molecular formula is C56H44F2N4O6S2. The molecule has 14 heteroatoms. The molecule has 0 fully saturated rings. The number of carbonyl (C=O) groups is 4. The van der Waals surface area contributed by atoms with Crippen molar-refractivity contribution >= 4 is 68.8 Å². The van der Waals surface area contributed by atoms with Gasteiger partial charge in [0, 0.05) is 75.8 Å². The molecule has 6 aromatic carbocycles. The number of nitrogen functional groups attached to an aromatic ring is 1. The molecule has 10 nitrogen and oxygen atoms in total. The standard InChI is InChI=1S/C28H21FN2O4S.C28H23FN2O2S/c1-17-5-4-7-23(29)22(17)16-25(32)26-15-19-13-14-30(24-8-3-2-6-21(24)27(19)36-26)28(33)18-9-11-20(12-10-18)31(34)35;1-17-5-4-7-23(29)22(17)16-25(32)26-15-19-13-14-31(28(33)18-9-11-20(30)12-10-18)24-8-3-2-6-21(24)27(19)34-26/h2-12,15H,13-14,16H2,1H3;2-12,15H,13-14,16,30H2,1H3. The third-order valence-electron chi connectivity index (χ3n) is 12.6. The van der Waals surface area contributed by atoms with Crippen LogP contribution >= 0.6 is 22.7 Å². The van der Waals surface area contributed by atoms with Gasteiger partial charge in [-0.3, -0.25) is 29.3 Å². The number of nitrogens with two attached hydrogens (primary N) is 1. The molecule has 0 radical (unpaired) electrons. The number of nitro benzene ring substituents is 1. The van der Waals surface area contributed by atoms with Crippen molar-refractivity contribution in [1.29, 1.82) is 0 Å². The Morgan fingerprint density at radius 3 is 1.41 bits per heavy atom. The fourth-order valence-electron chi connectivity index (χ4n) is 8.83. The van der Waals surface area contributed by atoms with Crippen LogP contribution in [0.3, 0.4) is 0 Å². The SMILES string of the molecule is Cc1cccc(F)c1CC(=O)c1cc2c(s1)-c1ccccc1N(C(=O)c1ccc(N)cc1)CC2.Cc1cccc(F)c1CC(=O)c1cc2c(s1)-c1ccccc1N(C(=O)c1ccc([N+](=O)[O-])cc1)CC2. The third-order valence-corrected chi connectivity index (χ3v) is 15.1. The second kappa shape index (κ2) is 20.0. The lowest BCUT2D eigenvalue weighted by molar-refractivity contribution is -0.384. The van der Waals surface area contributed by atoms with Crippen molar-refractivity contribution in [2.24, 2.45) is 0 Å². The maximum atomic E-state index is 14.3. The van der Waals surface area contributed by atoms with Gasteiger partial charge in [-0.15, -0.1) is 22.7 Å². The van der Waals surface area contributed by atoms with Gasteiger partial charge in [0.05, 0.1) is 26.1 Å². The number of amides is 2. The van der Waals surface area contributed by atoms with Crippen LogP contribution < -0.4 is 15.5 Å². The van der Waals surface area contributed by atoms with Crippen molar-refractivity contribution in [2.45, 2.75) is 39.5 Å². The van der Waals surface area contributed by atoms with Gasteiger partial charge < -0.3 is 15.5 Å². The number of nitrogens with zero attached hydrogens (tertiary/aromatic N) is 3. The van der Waals surface area contributed by atoms with Crippen molar-refractivity contribution in [3.05, 3.63) is 222 Å². The zero-order valence-corrected chi connectivity index (χ0v) is 39.7. The molecule has 350 valence electrons. The van der Waals surface area contributed by atoms with E-state index in [1.807, 2.05) is 73.7 Å². The normalized spacial score (nSPS) is 12.5. The lowest BCUT2D eigenvalue weighted by Crippen LogP contribution is -2.32. The fraction of sp³-hybridized carbons (Fsp3) is 0.143. The maximum Gasteiger partial charge on any atom is 0.269 e. The Morgan fingerprint density at radius 1 is 0.586 bits per heavy atom. The van der Waals surface area contributed by atoms with Crippen molar-refractivity contribution in [3.63, 3.8) is 0 Å². The number of aryl methyl sites for hydroxylation is 2. The minimum absolute atomic E-state index is 0.00962. The molecule has 2 amide bonds. The Labute approximate surface area is 410 Å². The molecule has 0 saturated carbocycles. The Morgan fingerprint density at radius 2 is 1.00 bits per heavy atom. The van der Waals surface area contributed by atoms with E-state index in [9.17, 15) is 38.1 Å². The monoisotopic (exact) mass is 970 g/mol. The summed E-state index contributed by atoms with van der Waals surface area (Å²) in [7, 11) is 0. The van der Waals surface area contributed by atoms with Gasteiger partial charge in [-0.25, -0.2) is 8.78 Å². The highest BCUT2D eigenvalue weighted by molar-refractivity contribution is 7.18. The maximum absolute atomic E-state index is 14.3. The zero-order valence-electron chi connectivity index (χ0n) is 38.0. The van der Waals surface area contributed by atoms with Crippen LogP contribution in [0.1, 0.15) is 73.4 Å². The molecule has 8 aromatic rings. The molecule has 2 aliphatic heterocycles. The van der Waals surface area contributed by atoms with Gasteiger partial charge in [0.2, 0.25) is 0 Å². The number of para-hydroxylation sites is 2. The summed E-state index contributed by atoms with van der Waals surface area (Å²) in [4.78, 5) is 69.9. The topological polar surface area (TPSA) is 144 Å². The zero-order chi connectivity index (χ0) is 49.2. The van der Waals surface area contributed by atoms with Gasteiger partial charge in [0.15, 0.2) is 11.6 Å². The number of anilines is 3. The predicted molar refractivity (Wildman–Crippen MR) is 273 cm³/mol. The number of fused-ring (bicyclic) bond motifs is 6. The number of benzene rings is 6. The largest absolute Gasteiger partial charge is 0.399 e. The van der Waals surface area contributed by atoms with E-state index in [4.69, 9.17) is 5.73 Å². The van der Waals surface area contributed by atoms with Crippen molar-refractivity contribution in [2.75, 3.05) is 28.6 Å². The summed E-state index contributed by atoms with van der Waals surface area (Å²) in [5.41, 5.74) is 14.9. The summed E-state index contributed by atoms with van der Waals surface area (Å²) < 4.78 is 28.6. The first-order valence-electron chi connectivity index (χ1n) is 22.5. The smallest absolute Gasteiger partial charge is 0.269 e. The van der Waals surface area contributed by atoms with Crippen molar-refractivity contribution < 1.29 is 32.9 Å². The van der Waals surface area contributed by atoms with Crippen LogP contribution in [0.25, 0.3) is 20.9 Å². The molecule has 0 saturated heterocycles. The van der Waals surface area contributed by atoms with Crippen LogP contribution in [0.4, 0.5) is 31.5 Å². The number of non-ortho nitro benzene ring substituents is 1. The number of nitro groups is 1. The number of rotatable bonds is 9. The van der Waals surface area contributed by atoms with Crippen LogP contribution in [0, 0.1) is 35.6 Å². The van der Waals surface area contributed by atoms with E-state index in [1.165, 1.54) is 59.1 Å². The van der Waals surface area contributed by atoms with Gasteiger partial charge in [-0.05, 0) is 133 Å². The van der Waals surface area contributed by atoms with Crippen molar-refractivity contribution in [3.8, 4) is 20.9 Å². The van der Waals surface area contributed by atoms with E-state index in [0.29, 0.717) is 69.3 Å². The molecule has 0 unspecified atom stereocenters. The Hall–Kier alpha value is -7.94. The second-order valence-corrected chi connectivity index (χ2v) is 19.2. The summed E-state index contributed by atoms with van der Waals surface area (Å²) in [6.45, 7) is 4.49. The Bertz CT molecular complexity index is 3320. The Kier molecular flexibility index (Phi) is 13.4. The number of Topliss-reactive ketones (excluding diaryl/α,β-unsaturated/α-hetero) is 2. The summed E-state index contributed by atoms with van der Waals surface area (Å²) in [6.07, 6.45) is 1.17. The van der Waals surface area contributed by atoms with Gasteiger partial charge in [-0.1, -0.05) is 60.7 Å². The number of hydrogen-bond donors (Lipinski definition) is 1. The van der Waals surface area contributed by atoms with E-state index < -0.39 is 4.92 Å². The third kappa shape index (κ3) is 9.56. The molecular weight excluding hydrogens is 927 g/mol. The van der Waals surface area contributed by atoms with Crippen LogP contribution in [0.5, 0.6) is 0 Å². The van der Waals surface area contributed by atoms with E-state index in [-0.39, 0.29) is 53.5 Å². The molecule has 2 N–H and O–H groups in total. The molecule has 2 aliphatic rings. The fourth-order valence-corrected chi connectivity index (χ4v) is 11.2. The number of hydrogen-bond acceptors (Lipinski definition) is 9. The minimum Gasteiger partial charge on any atom is -0.399 e. The average molecular weight is 971 g/mol. The van der Waals surface area contributed by atoms with E-state index in [1.54, 1.807) is 59.2 Å². The molecule has 4 heterocycles. The average Bonchev–Trinajstić information content (AvgIpc) is 3.92. The van der Waals surface area contributed by atoms with Crippen molar-refractivity contribution in [1.82, 2.24) is 0 Å². The Balaban J connectivity index is 0.000000174. The predicted octanol–water partition coefficient (Wildman–Crippen LogP) is 12.5. The minimum atomic E-state index is -0.500. The first kappa shape index (κ1) is 47.1. The summed E-state index contributed by atoms with van der Waals surface area (Å²) >= 11 is 2.78. The summed E-state index contributed by atoms with van der Waals surface area (Å²) in [5.74, 6) is -1.32. The van der Waals surface area contributed by atoms with Gasteiger partial charge in [0.25, 0.3) is 17.5 Å². The summed E-state index contributed by atoms with van der Waals surface area (Å²) in [6, 6.07) is 41.2. The van der Waals surface area contributed by atoms with Crippen LogP contribution in [-0.4, -0.2) is 41.4 Å². The quantitative estimate of drug-likeness (QED) is 0.0656. The van der Waals surface area contributed by atoms with Gasteiger partial charge in [0.1, 0.15) is 11.6 Å².